The second-order valence-electron chi connectivity index (χ2n) is 3.30. The smallest absolute Gasteiger partial charge is 0.195 e. The molecule has 2 heterocycles. The molecule has 2 aromatic heterocycles. The van der Waals surface area contributed by atoms with Crippen molar-refractivity contribution in [2.24, 2.45) is 0 Å². The number of thiophene rings is 2. The average molecular weight is 301 g/mol. The van der Waals surface area contributed by atoms with Crippen LogP contribution in [0, 0.1) is 13.8 Å². The van der Waals surface area contributed by atoms with Gasteiger partial charge in [-0.15, -0.1) is 22.7 Å². The highest BCUT2D eigenvalue weighted by Crippen LogP contribution is 2.28. The fourth-order valence-corrected chi connectivity index (χ4v) is 3.76. The van der Waals surface area contributed by atoms with Crippen molar-refractivity contribution in [2.45, 2.75) is 13.8 Å². The first-order valence-electron chi connectivity index (χ1n) is 4.43. The van der Waals surface area contributed by atoms with Gasteiger partial charge >= 0.3 is 0 Å². The van der Waals surface area contributed by atoms with Gasteiger partial charge in [-0.05, 0) is 41.9 Å². The summed E-state index contributed by atoms with van der Waals surface area (Å²) in [6.45, 7) is 3.99. The highest BCUT2D eigenvalue weighted by Gasteiger charge is 2.15. The van der Waals surface area contributed by atoms with Crippen molar-refractivity contribution in [2.75, 3.05) is 0 Å². The number of hydrogen-bond donors (Lipinski definition) is 0. The molecule has 0 aliphatic rings. The van der Waals surface area contributed by atoms with Gasteiger partial charge in [-0.1, -0.05) is 0 Å². The molecule has 0 N–H and O–H groups in total. The standard InChI is InChI=1S/C11H9BrOS2/c1-6-3-8(5-14-6)11(13)9-4-10(12)15-7(9)2/h3-5H,1-2H3. The van der Waals surface area contributed by atoms with Crippen molar-refractivity contribution in [1.82, 2.24) is 0 Å². The highest BCUT2D eigenvalue weighted by atomic mass is 79.9. The molecular weight excluding hydrogens is 292 g/mol. The van der Waals surface area contributed by atoms with Crippen molar-refractivity contribution in [1.29, 1.82) is 0 Å². The Kier molecular flexibility index (Phi) is 3.09. The minimum atomic E-state index is 0.124. The normalized spacial score (nSPS) is 10.6. The van der Waals surface area contributed by atoms with Gasteiger partial charge in [0.25, 0.3) is 0 Å². The van der Waals surface area contributed by atoms with Crippen LogP contribution in [0.25, 0.3) is 0 Å². The van der Waals surface area contributed by atoms with E-state index in [1.807, 2.05) is 31.4 Å². The fourth-order valence-electron chi connectivity index (χ4n) is 1.39. The number of aryl methyl sites for hydroxylation is 2. The largest absolute Gasteiger partial charge is 0.289 e. The predicted molar refractivity (Wildman–Crippen MR) is 69.2 cm³/mol. The summed E-state index contributed by atoms with van der Waals surface area (Å²) in [6.07, 6.45) is 0. The van der Waals surface area contributed by atoms with E-state index in [1.54, 1.807) is 22.7 Å². The van der Waals surface area contributed by atoms with Crippen molar-refractivity contribution < 1.29 is 4.79 Å². The zero-order valence-corrected chi connectivity index (χ0v) is 11.6. The third-order valence-corrected chi connectivity index (χ3v) is 4.54. The van der Waals surface area contributed by atoms with Crippen LogP contribution >= 0.6 is 38.6 Å². The molecule has 0 unspecified atom stereocenters. The third-order valence-electron chi connectivity index (χ3n) is 2.13. The number of hydrogen-bond acceptors (Lipinski definition) is 3. The highest BCUT2D eigenvalue weighted by molar-refractivity contribution is 9.11. The number of carbonyl (C=O) groups excluding carboxylic acids is 1. The Labute approximate surface area is 105 Å². The molecule has 0 spiro atoms. The Morgan fingerprint density at radius 3 is 2.53 bits per heavy atom. The van der Waals surface area contributed by atoms with Crippen molar-refractivity contribution in [3.8, 4) is 0 Å². The van der Waals surface area contributed by atoms with Gasteiger partial charge in [-0.25, -0.2) is 0 Å². The molecule has 0 aromatic carbocycles. The van der Waals surface area contributed by atoms with Crippen LogP contribution in [0.5, 0.6) is 0 Å². The van der Waals surface area contributed by atoms with Crippen LogP contribution in [0.4, 0.5) is 0 Å². The van der Waals surface area contributed by atoms with Crippen LogP contribution in [-0.4, -0.2) is 5.78 Å². The van der Waals surface area contributed by atoms with Crippen LogP contribution in [0.15, 0.2) is 21.3 Å². The minimum absolute atomic E-state index is 0.124. The Morgan fingerprint density at radius 2 is 2.07 bits per heavy atom. The van der Waals surface area contributed by atoms with E-state index in [2.05, 4.69) is 15.9 Å². The van der Waals surface area contributed by atoms with Crippen LogP contribution in [0.1, 0.15) is 25.7 Å². The lowest BCUT2D eigenvalue weighted by Crippen LogP contribution is -1.98. The Balaban J connectivity index is 2.40. The Bertz CT molecular complexity index is 510. The molecule has 0 radical (unpaired) electrons. The number of ketones is 1. The first kappa shape index (κ1) is 11.0. The van der Waals surface area contributed by atoms with Crippen molar-refractivity contribution >= 4 is 44.4 Å². The maximum Gasteiger partial charge on any atom is 0.195 e. The van der Waals surface area contributed by atoms with E-state index in [0.29, 0.717) is 0 Å². The maximum absolute atomic E-state index is 12.1. The maximum atomic E-state index is 12.1. The van der Waals surface area contributed by atoms with Crippen LogP contribution in [0.2, 0.25) is 0 Å². The van der Waals surface area contributed by atoms with Crippen LogP contribution < -0.4 is 0 Å². The summed E-state index contributed by atoms with van der Waals surface area (Å²) in [5.41, 5.74) is 1.61. The van der Waals surface area contributed by atoms with Crippen LogP contribution in [0.3, 0.4) is 0 Å². The Morgan fingerprint density at radius 1 is 1.33 bits per heavy atom. The molecule has 0 bridgehead atoms. The molecule has 0 aliphatic carbocycles. The average Bonchev–Trinajstić information content (AvgIpc) is 2.71. The van der Waals surface area contributed by atoms with Crippen LogP contribution in [-0.2, 0) is 0 Å². The number of rotatable bonds is 2. The molecule has 15 heavy (non-hydrogen) atoms. The molecule has 2 rings (SSSR count). The molecule has 0 saturated heterocycles. The molecule has 0 saturated carbocycles. The lowest BCUT2D eigenvalue weighted by molar-refractivity contribution is 0.103. The lowest BCUT2D eigenvalue weighted by Gasteiger charge is -1.95. The summed E-state index contributed by atoms with van der Waals surface area (Å²) in [7, 11) is 0. The quantitative estimate of drug-likeness (QED) is 0.750. The minimum Gasteiger partial charge on any atom is -0.289 e. The molecule has 4 heteroatoms. The van der Waals surface area contributed by atoms with E-state index in [0.717, 1.165) is 19.8 Å². The second kappa shape index (κ2) is 4.20. The van der Waals surface area contributed by atoms with Gasteiger partial charge in [0, 0.05) is 26.3 Å². The molecule has 0 amide bonds. The summed E-state index contributed by atoms with van der Waals surface area (Å²) in [6, 6.07) is 3.84. The zero-order chi connectivity index (χ0) is 11.0. The van der Waals surface area contributed by atoms with Crippen molar-refractivity contribution in [3.63, 3.8) is 0 Å². The molecular formula is C11H9BrOS2. The summed E-state index contributed by atoms with van der Waals surface area (Å²) in [5.74, 6) is 0.124. The second-order valence-corrected chi connectivity index (χ2v) is 7.05. The van der Waals surface area contributed by atoms with Gasteiger partial charge in [0.2, 0.25) is 0 Å². The van der Waals surface area contributed by atoms with Gasteiger partial charge in [0.15, 0.2) is 5.78 Å². The van der Waals surface area contributed by atoms with Gasteiger partial charge in [-0.2, -0.15) is 0 Å². The molecule has 0 atom stereocenters. The Hall–Kier alpha value is -0.450. The SMILES string of the molecule is Cc1cc(C(=O)c2cc(Br)sc2C)cs1. The van der Waals surface area contributed by atoms with Gasteiger partial charge < -0.3 is 0 Å². The van der Waals surface area contributed by atoms with E-state index >= 15 is 0 Å². The summed E-state index contributed by atoms with van der Waals surface area (Å²) in [4.78, 5) is 14.3. The van der Waals surface area contributed by atoms with E-state index in [1.165, 1.54) is 4.88 Å². The van der Waals surface area contributed by atoms with Gasteiger partial charge in [0.1, 0.15) is 0 Å². The predicted octanol–water partition coefficient (Wildman–Crippen LogP) is 4.42. The first-order chi connectivity index (χ1) is 7.08. The third kappa shape index (κ3) is 2.22. The monoisotopic (exact) mass is 300 g/mol. The summed E-state index contributed by atoms with van der Waals surface area (Å²) in [5, 5.41) is 1.92. The molecule has 0 aliphatic heterocycles. The summed E-state index contributed by atoms with van der Waals surface area (Å²) < 4.78 is 1.01. The van der Waals surface area contributed by atoms with Gasteiger partial charge in [0.05, 0.1) is 3.79 Å². The molecule has 78 valence electrons. The molecule has 2 aromatic rings. The van der Waals surface area contributed by atoms with E-state index < -0.39 is 0 Å². The molecule has 1 nitrogen and oxygen atoms in total. The fraction of sp³-hybridized carbons (Fsp3) is 0.182. The van der Waals surface area contributed by atoms with Crippen molar-refractivity contribution in [3.05, 3.63) is 42.2 Å². The van der Waals surface area contributed by atoms with E-state index in [9.17, 15) is 4.79 Å². The molecule has 0 fully saturated rings. The number of halogens is 1. The van der Waals surface area contributed by atoms with E-state index in [4.69, 9.17) is 0 Å². The van der Waals surface area contributed by atoms with Gasteiger partial charge in [-0.3, -0.25) is 4.79 Å². The topological polar surface area (TPSA) is 17.1 Å². The first-order valence-corrected chi connectivity index (χ1v) is 6.92. The number of carbonyl (C=O) groups is 1. The van der Waals surface area contributed by atoms with E-state index in [-0.39, 0.29) is 5.78 Å². The lowest BCUT2D eigenvalue weighted by atomic mass is 10.1. The summed E-state index contributed by atoms with van der Waals surface area (Å²) >= 11 is 6.61. The zero-order valence-electron chi connectivity index (χ0n) is 8.33.